The number of aromatic nitrogens is 2. The van der Waals surface area contributed by atoms with E-state index < -0.39 is 0 Å². The molecule has 16 heavy (non-hydrogen) atoms. The molecular formula is C12H11N3O. The van der Waals surface area contributed by atoms with Gasteiger partial charge < -0.3 is 14.6 Å². The van der Waals surface area contributed by atoms with Crippen LogP contribution in [0.5, 0.6) is 0 Å². The molecule has 2 N–H and O–H groups in total. The van der Waals surface area contributed by atoms with Gasteiger partial charge in [-0.05, 0) is 24.3 Å². The molecule has 80 valence electrons. The quantitative estimate of drug-likeness (QED) is 0.709. The number of nitrogen functional groups attached to an aromatic ring is 1. The fourth-order valence-electron chi connectivity index (χ4n) is 1.76. The molecule has 0 saturated heterocycles. The van der Waals surface area contributed by atoms with E-state index in [9.17, 15) is 0 Å². The highest BCUT2D eigenvalue weighted by Crippen LogP contribution is 2.15. The number of imidazole rings is 1. The monoisotopic (exact) mass is 213 g/mol. The van der Waals surface area contributed by atoms with E-state index in [1.807, 2.05) is 41.1 Å². The molecule has 0 atom stereocenters. The maximum absolute atomic E-state index is 5.84. The molecule has 0 saturated carbocycles. The number of anilines is 1. The van der Waals surface area contributed by atoms with Crippen molar-refractivity contribution in [2.45, 2.75) is 6.42 Å². The minimum Gasteiger partial charge on any atom is -0.469 e. The molecule has 0 spiro atoms. The van der Waals surface area contributed by atoms with E-state index in [1.165, 1.54) is 0 Å². The van der Waals surface area contributed by atoms with Gasteiger partial charge in [0.2, 0.25) is 0 Å². The van der Waals surface area contributed by atoms with Crippen LogP contribution in [-0.4, -0.2) is 9.38 Å². The highest BCUT2D eigenvalue weighted by molar-refractivity contribution is 5.64. The zero-order chi connectivity index (χ0) is 11.0. The highest BCUT2D eigenvalue weighted by atomic mass is 16.3. The number of rotatable bonds is 2. The van der Waals surface area contributed by atoms with Crippen LogP contribution in [0.1, 0.15) is 11.5 Å². The smallest absolute Gasteiger partial charge is 0.160 e. The summed E-state index contributed by atoms with van der Waals surface area (Å²) in [6.45, 7) is 0. The second-order valence-electron chi connectivity index (χ2n) is 3.68. The largest absolute Gasteiger partial charge is 0.469 e. The summed E-state index contributed by atoms with van der Waals surface area (Å²) in [5.74, 6) is 0.905. The third kappa shape index (κ3) is 1.44. The van der Waals surface area contributed by atoms with Gasteiger partial charge in [-0.15, -0.1) is 0 Å². The molecule has 0 radical (unpaired) electrons. The normalized spacial score (nSPS) is 11.0. The molecule has 3 rings (SSSR count). The van der Waals surface area contributed by atoms with Crippen molar-refractivity contribution >= 4 is 11.3 Å². The second-order valence-corrected chi connectivity index (χ2v) is 3.68. The molecule has 0 fully saturated rings. The number of pyridine rings is 1. The van der Waals surface area contributed by atoms with Gasteiger partial charge >= 0.3 is 0 Å². The van der Waals surface area contributed by atoms with E-state index in [2.05, 4.69) is 4.98 Å². The van der Waals surface area contributed by atoms with E-state index in [4.69, 9.17) is 10.2 Å². The van der Waals surface area contributed by atoms with Crippen molar-refractivity contribution in [3.8, 4) is 0 Å². The fourth-order valence-corrected chi connectivity index (χ4v) is 1.76. The summed E-state index contributed by atoms with van der Waals surface area (Å²) < 4.78 is 7.21. The maximum Gasteiger partial charge on any atom is 0.160 e. The van der Waals surface area contributed by atoms with E-state index in [0.717, 1.165) is 17.1 Å². The molecule has 4 heteroatoms. The minimum absolute atomic E-state index is 0.688. The van der Waals surface area contributed by atoms with Crippen LogP contribution in [0.25, 0.3) is 5.65 Å². The third-order valence-electron chi connectivity index (χ3n) is 2.50. The van der Waals surface area contributed by atoms with Crippen LogP contribution in [0, 0.1) is 0 Å². The zero-order valence-electron chi connectivity index (χ0n) is 8.63. The maximum atomic E-state index is 5.84. The van der Waals surface area contributed by atoms with E-state index in [-0.39, 0.29) is 0 Å². The Labute approximate surface area is 92.3 Å². The lowest BCUT2D eigenvalue weighted by Crippen LogP contribution is -1.90. The van der Waals surface area contributed by atoms with Gasteiger partial charge in [-0.1, -0.05) is 0 Å². The van der Waals surface area contributed by atoms with Gasteiger partial charge in [-0.2, -0.15) is 0 Å². The molecule has 0 aliphatic carbocycles. The molecule has 0 aromatic carbocycles. The topological polar surface area (TPSA) is 56.5 Å². The van der Waals surface area contributed by atoms with Crippen LogP contribution in [-0.2, 0) is 6.42 Å². The standard InChI is InChI=1S/C12H11N3O/c13-11-4-1-5-15-8-9(14-12(11)15)7-10-3-2-6-16-10/h1-6,8H,7,13H2. The number of hydrogen-bond acceptors (Lipinski definition) is 3. The summed E-state index contributed by atoms with van der Waals surface area (Å²) in [6.07, 6.45) is 6.26. The molecule has 3 aromatic heterocycles. The number of nitrogens with zero attached hydrogens (tertiary/aromatic N) is 2. The van der Waals surface area contributed by atoms with E-state index in [0.29, 0.717) is 12.1 Å². The third-order valence-corrected chi connectivity index (χ3v) is 2.50. The average molecular weight is 213 g/mol. The summed E-state index contributed by atoms with van der Waals surface area (Å²) in [4.78, 5) is 4.47. The predicted molar refractivity (Wildman–Crippen MR) is 61.1 cm³/mol. The van der Waals surface area contributed by atoms with Gasteiger partial charge in [0, 0.05) is 18.8 Å². The van der Waals surface area contributed by atoms with Gasteiger partial charge in [0.25, 0.3) is 0 Å². The Balaban J connectivity index is 2.02. The molecule has 4 nitrogen and oxygen atoms in total. The van der Waals surface area contributed by atoms with Crippen molar-refractivity contribution in [2.24, 2.45) is 0 Å². The van der Waals surface area contributed by atoms with Gasteiger partial charge in [0.1, 0.15) is 5.76 Å². The molecule has 0 unspecified atom stereocenters. The Hall–Kier alpha value is -2.23. The SMILES string of the molecule is Nc1cccn2cc(Cc3ccco3)nc12. The molecule has 3 aromatic rings. The summed E-state index contributed by atoms with van der Waals surface area (Å²) in [7, 11) is 0. The lowest BCUT2D eigenvalue weighted by atomic mass is 10.3. The Bertz CT molecular complexity index is 610. The molecule has 0 amide bonds. The van der Waals surface area contributed by atoms with Gasteiger partial charge in [0.15, 0.2) is 5.65 Å². The van der Waals surface area contributed by atoms with Crippen LogP contribution >= 0.6 is 0 Å². The van der Waals surface area contributed by atoms with Gasteiger partial charge in [-0.25, -0.2) is 4.98 Å². The highest BCUT2D eigenvalue weighted by Gasteiger charge is 2.05. The van der Waals surface area contributed by atoms with E-state index >= 15 is 0 Å². The first-order valence-electron chi connectivity index (χ1n) is 5.07. The molecular weight excluding hydrogens is 202 g/mol. The van der Waals surface area contributed by atoms with Gasteiger partial charge in [0.05, 0.1) is 17.6 Å². The average Bonchev–Trinajstić information content (AvgIpc) is 2.88. The van der Waals surface area contributed by atoms with Crippen molar-refractivity contribution in [3.05, 3.63) is 54.4 Å². The second kappa shape index (κ2) is 3.41. The molecule has 0 bridgehead atoms. The van der Waals surface area contributed by atoms with Crippen LogP contribution in [0.3, 0.4) is 0 Å². The molecule has 0 aliphatic rings. The zero-order valence-corrected chi connectivity index (χ0v) is 8.63. The van der Waals surface area contributed by atoms with Crippen LogP contribution in [0.15, 0.2) is 47.3 Å². The lowest BCUT2D eigenvalue weighted by Gasteiger charge is -1.94. The summed E-state index contributed by atoms with van der Waals surface area (Å²) in [5.41, 5.74) is 8.27. The lowest BCUT2D eigenvalue weighted by molar-refractivity contribution is 0.519. The summed E-state index contributed by atoms with van der Waals surface area (Å²) in [6, 6.07) is 7.56. The van der Waals surface area contributed by atoms with Gasteiger partial charge in [-0.3, -0.25) is 0 Å². The molecule has 3 heterocycles. The van der Waals surface area contributed by atoms with Crippen molar-refractivity contribution in [2.75, 3.05) is 5.73 Å². The molecule has 0 aliphatic heterocycles. The minimum atomic E-state index is 0.688. The summed E-state index contributed by atoms with van der Waals surface area (Å²) >= 11 is 0. The summed E-state index contributed by atoms with van der Waals surface area (Å²) in [5, 5.41) is 0. The van der Waals surface area contributed by atoms with Crippen molar-refractivity contribution < 1.29 is 4.42 Å². The van der Waals surface area contributed by atoms with E-state index in [1.54, 1.807) is 6.26 Å². The van der Waals surface area contributed by atoms with Crippen LogP contribution in [0.2, 0.25) is 0 Å². The van der Waals surface area contributed by atoms with Crippen LogP contribution in [0.4, 0.5) is 5.69 Å². The van der Waals surface area contributed by atoms with Crippen molar-refractivity contribution in [1.29, 1.82) is 0 Å². The number of furan rings is 1. The first kappa shape index (κ1) is 9.03. The number of hydrogen-bond donors (Lipinski definition) is 1. The Morgan fingerprint density at radius 3 is 3.00 bits per heavy atom. The Morgan fingerprint density at radius 1 is 1.31 bits per heavy atom. The van der Waals surface area contributed by atoms with Crippen molar-refractivity contribution in [3.63, 3.8) is 0 Å². The number of fused-ring (bicyclic) bond motifs is 1. The van der Waals surface area contributed by atoms with Crippen LogP contribution < -0.4 is 5.73 Å². The van der Waals surface area contributed by atoms with Crippen molar-refractivity contribution in [1.82, 2.24) is 9.38 Å². The Kier molecular flexibility index (Phi) is 1.93. The number of nitrogens with two attached hydrogens (primary N) is 1. The Morgan fingerprint density at radius 2 is 2.25 bits per heavy atom. The first-order chi connectivity index (χ1) is 7.83. The predicted octanol–water partition coefficient (Wildman–Crippen LogP) is 2.10. The first-order valence-corrected chi connectivity index (χ1v) is 5.07. The fraction of sp³-hybridized carbons (Fsp3) is 0.0833.